The number of hydrogen-bond acceptors (Lipinski definition) is 4. The highest BCUT2D eigenvalue weighted by molar-refractivity contribution is 7.99. The topological polar surface area (TPSA) is 43.7 Å². The van der Waals surface area contributed by atoms with Crippen LogP contribution in [0.5, 0.6) is 0 Å². The third-order valence-electron chi connectivity index (χ3n) is 3.07. The lowest BCUT2D eigenvalue weighted by Crippen LogP contribution is -2.37. The third kappa shape index (κ3) is 3.48. The second kappa shape index (κ2) is 6.06. The lowest BCUT2D eigenvalue weighted by atomic mass is 9.79. The van der Waals surface area contributed by atoms with E-state index in [0.29, 0.717) is 5.25 Å². The molecule has 18 heavy (non-hydrogen) atoms. The highest BCUT2D eigenvalue weighted by atomic mass is 32.2. The molecule has 0 saturated carbocycles. The summed E-state index contributed by atoms with van der Waals surface area (Å²) in [6.45, 7) is 4.96. The van der Waals surface area contributed by atoms with Crippen LogP contribution in [0.2, 0.25) is 0 Å². The molecule has 2 N–H and O–H groups in total. The first-order chi connectivity index (χ1) is 8.56. The Morgan fingerprint density at radius 3 is 2.94 bits per heavy atom. The standard InChI is InChI=1S/C12H17BFNO2S/c1-9-7-15(4-5-18-9)8-10-2-3-12(14)11(6-10)13(16)17/h2-3,6,9,16-17H,4-5,7-8H2,1H3. The normalized spacial score (nSPS) is 21.0. The molecule has 6 heteroatoms. The molecule has 0 radical (unpaired) electrons. The van der Waals surface area contributed by atoms with E-state index in [1.54, 1.807) is 6.07 Å². The second-order valence-electron chi connectivity index (χ2n) is 4.65. The monoisotopic (exact) mass is 269 g/mol. The highest BCUT2D eigenvalue weighted by Gasteiger charge is 2.19. The number of hydrogen-bond donors (Lipinski definition) is 2. The van der Waals surface area contributed by atoms with Crippen LogP contribution in [0.1, 0.15) is 12.5 Å². The molecule has 0 aromatic heterocycles. The molecule has 1 aromatic carbocycles. The summed E-state index contributed by atoms with van der Waals surface area (Å²) in [4.78, 5) is 2.31. The van der Waals surface area contributed by atoms with Gasteiger partial charge in [-0.1, -0.05) is 19.1 Å². The first kappa shape index (κ1) is 13.9. The van der Waals surface area contributed by atoms with E-state index in [4.69, 9.17) is 10.0 Å². The van der Waals surface area contributed by atoms with Crippen molar-refractivity contribution in [2.24, 2.45) is 0 Å². The number of nitrogens with zero attached hydrogens (tertiary/aromatic N) is 1. The van der Waals surface area contributed by atoms with Crippen LogP contribution in [-0.2, 0) is 6.54 Å². The summed E-state index contributed by atoms with van der Waals surface area (Å²) in [5.74, 6) is 0.536. The molecule has 1 aliphatic rings. The van der Waals surface area contributed by atoms with Gasteiger partial charge in [-0.2, -0.15) is 11.8 Å². The fraction of sp³-hybridized carbons (Fsp3) is 0.500. The summed E-state index contributed by atoms with van der Waals surface area (Å²) in [6.07, 6.45) is 0. The molecule has 0 amide bonds. The van der Waals surface area contributed by atoms with Crippen molar-refractivity contribution < 1.29 is 14.4 Å². The zero-order chi connectivity index (χ0) is 13.1. The van der Waals surface area contributed by atoms with Gasteiger partial charge in [0.1, 0.15) is 5.82 Å². The Morgan fingerprint density at radius 1 is 1.50 bits per heavy atom. The molecule has 0 aliphatic carbocycles. The van der Waals surface area contributed by atoms with Crippen molar-refractivity contribution in [1.29, 1.82) is 0 Å². The van der Waals surface area contributed by atoms with Crippen molar-refractivity contribution >= 4 is 24.3 Å². The van der Waals surface area contributed by atoms with Crippen LogP contribution in [0, 0.1) is 5.82 Å². The maximum atomic E-state index is 13.3. The van der Waals surface area contributed by atoms with Crippen molar-refractivity contribution in [3.05, 3.63) is 29.6 Å². The average molecular weight is 269 g/mol. The lowest BCUT2D eigenvalue weighted by Gasteiger charge is -2.30. The highest BCUT2D eigenvalue weighted by Crippen LogP contribution is 2.19. The largest absolute Gasteiger partial charge is 0.491 e. The lowest BCUT2D eigenvalue weighted by molar-refractivity contribution is 0.278. The van der Waals surface area contributed by atoms with Crippen LogP contribution in [-0.4, -0.2) is 46.2 Å². The van der Waals surface area contributed by atoms with E-state index in [2.05, 4.69) is 11.8 Å². The molecule has 1 atom stereocenters. The predicted octanol–water partition coefficient (Wildman–Crippen LogP) is 0.443. The van der Waals surface area contributed by atoms with E-state index in [0.717, 1.165) is 31.0 Å². The summed E-state index contributed by atoms with van der Waals surface area (Å²) < 4.78 is 13.3. The molecule has 2 rings (SSSR count). The van der Waals surface area contributed by atoms with Gasteiger partial charge in [0.05, 0.1) is 0 Å². The smallest absolute Gasteiger partial charge is 0.423 e. The van der Waals surface area contributed by atoms with Crippen LogP contribution in [0.25, 0.3) is 0 Å². The van der Waals surface area contributed by atoms with Crippen molar-refractivity contribution in [2.45, 2.75) is 18.7 Å². The Hall–Kier alpha value is -0.555. The Kier molecular flexibility index (Phi) is 4.67. The molecule has 1 heterocycles. The minimum atomic E-state index is -1.75. The van der Waals surface area contributed by atoms with Gasteiger partial charge in [0, 0.05) is 36.1 Å². The van der Waals surface area contributed by atoms with Crippen LogP contribution in [0.3, 0.4) is 0 Å². The molecule has 1 aliphatic heterocycles. The van der Waals surface area contributed by atoms with E-state index in [9.17, 15) is 4.39 Å². The van der Waals surface area contributed by atoms with Crippen LogP contribution < -0.4 is 5.46 Å². The van der Waals surface area contributed by atoms with Gasteiger partial charge in [-0.25, -0.2) is 4.39 Å². The zero-order valence-electron chi connectivity index (χ0n) is 10.3. The van der Waals surface area contributed by atoms with Gasteiger partial charge in [-0.05, 0) is 11.6 Å². The van der Waals surface area contributed by atoms with Gasteiger partial charge in [-0.3, -0.25) is 4.90 Å². The van der Waals surface area contributed by atoms with E-state index in [-0.39, 0.29) is 5.46 Å². The molecule has 98 valence electrons. The average Bonchev–Trinajstić information content (AvgIpc) is 2.31. The minimum absolute atomic E-state index is 0.0491. The van der Waals surface area contributed by atoms with Crippen LogP contribution >= 0.6 is 11.8 Å². The molecule has 1 fully saturated rings. The first-order valence-electron chi connectivity index (χ1n) is 6.04. The molecular formula is C12H17BFNO2S. The summed E-state index contributed by atoms with van der Waals surface area (Å²) in [5, 5.41) is 18.8. The summed E-state index contributed by atoms with van der Waals surface area (Å²) in [6, 6.07) is 4.53. The third-order valence-corrected chi connectivity index (χ3v) is 4.21. The summed E-state index contributed by atoms with van der Waals surface area (Å²) in [7, 11) is -1.75. The van der Waals surface area contributed by atoms with Crippen molar-refractivity contribution in [3.8, 4) is 0 Å². The Labute approximate surface area is 111 Å². The molecule has 1 saturated heterocycles. The Morgan fingerprint density at radius 2 is 2.28 bits per heavy atom. The molecule has 3 nitrogen and oxygen atoms in total. The van der Waals surface area contributed by atoms with Crippen molar-refractivity contribution in [2.75, 3.05) is 18.8 Å². The fourth-order valence-corrected chi connectivity index (χ4v) is 3.26. The quantitative estimate of drug-likeness (QED) is 0.782. The van der Waals surface area contributed by atoms with Gasteiger partial charge < -0.3 is 10.0 Å². The van der Waals surface area contributed by atoms with Gasteiger partial charge in [0.2, 0.25) is 0 Å². The number of halogens is 1. The molecule has 0 spiro atoms. The van der Waals surface area contributed by atoms with Crippen LogP contribution in [0.15, 0.2) is 18.2 Å². The number of thioether (sulfide) groups is 1. The van der Waals surface area contributed by atoms with Gasteiger partial charge in [-0.15, -0.1) is 0 Å². The van der Waals surface area contributed by atoms with Crippen LogP contribution in [0.4, 0.5) is 4.39 Å². The summed E-state index contributed by atoms with van der Waals surface area (Å²) >= 11 is 1.96. The first-order valence-corrected chi connectivity index (χ1v) is 7.09. The van der Waals surface area contributed by atoms with E-state index in [1.807, 2.05) is 11.8 Å². The fourth-order valence-electron chi connectivity index (χ4n) is 2.18. The van der Waals surface area contributed by atoms with Gasteiger partial charge in [0.15, 0.2) is 0 Å². The summed E-state index contributed by atoms with van der Waals surface area (Å²) in [5.41, 5.74) is 0.866. The second-order valence-corrected chi connectivity index (χ2v) is 6.19. The van der Waals surface area contributed by atoms with E-state index in [1.165, 1.54) is 12.1 Å². The van der Waals surface area contributed by atoms with E-state index < -0.39 is 12.9 Å². The zero-order valence-corrected chi connectivity index (χ0v) is 11.2. The molecule has 1 unspecified atom stereocenters. The number of benzene rings is 1. The Bertz CT molecular complexity index is 419. The van der Waals surface area contributed by atoms with Gasteiger partial charge in [0.25, 0.3) is 0 Å². The SMILES string of the molecule is CC1CN(Cc2ccc(F)c(B(O)O)c2)CCS1. The molecular weight excluding hydrogens is 252 g/mol. The predicted molar refractivity (Wildman–Crippen MR) is 73.4 cm³/mol. The van der Waals surface area contributed by atoms with Crippen molar-refractivity contribution in [1.82, 2.24) is 4.90 Å². The Balaban J connectivity index is 2.07. The maximum absolute atomic E-state index is 13.3. The maximum Gasteiger partial charge on any atom is 0.491 e. The van der Waals surface area contributed by atoms with Crippen molar-refractivity contribution in [3.63, 3.8) is 0 Å². The van der Waals surface area contributed by atoms with Gasteiger partial charge >= 0.3 is 7.12 Å². The minimum Gasteiger partial charge on any atom is -0.423 e. The molecule has 0 bridgehead atoms. The molecule has 1 aromatic rings. The van der Waals surface area contributed by atoms with E-state index >= 15 is 0 Å². The number of rotatable bonds is 3.